The van der Waals surface area contributed by atoms with Crippen LogP contribution in [0, 0.1) is 26.2 Å². The summed E-state index contributed by atoms with van der Waals surface area (Å²) in [7, 11) is -2.48. The number of fused-ring (bicyclic) bond motifs is 1. The molecule has 0 aromatic heterocycles. The first-order chi connectivity index (χ1) is 22.7. The van der Waals surface area contributed by atoms with E-state index in [1.165, 1.54) is 4.90 Å². The standard InChI is InChI=1S/C34H50N6O8S/c1-21-22(2)28(23(3)25-17-34(6,7)48-27(21)25)49(45,46)39-30(35)36-16-12-15-26(38-31(42)43)29(41)37-19-33(4,5)20-40(8)32(44)47-18-24-13-10-9-11-14-24/h9-11,13-14,26,38H,12,15-20H2,1-8H3,(H,37,41)(H,42,43)(H3,35,36,39)/t26-/m0/s1. The van der Waals surface area contributed by atoms with Crippen LogP contribution in [-0.2, 0) is 32.6 Å². The molecule has 0 unspecified atom stereocenters. The average molecular weight is 703 g/mol. The minimum Gasteiger partial charge on any atom is -0.487 e. The maximum Gasteiger partial charge on any atom is 0.409 e. The molecule has 3 amide bonds. The molecule has 6 N–H and O–H groups in total. The second-order valence-corrected chi connectivity index (χ2v) is 15.5. The third kappa shape index (κ3) is 10.7. The lowest BCUT2D eigenvalue weighted by atomic mass is 9.92. The lowest BCUT2D eigenvalue weighted by Crippen LogP contribution is -2.50. The Kier molecular flexibility index (Phi) is 12.5. The van der Waals surface area contributed by atoms with Crippen molar-refractivity contribution in [2.24, 2.45) is 16.1 Å². The van der Waals surface area contributed by atoms with Crippen molar-refractivity contribution in [3.63, 3.8) is 0 Å². The molecule has 0 aliphatic carbocycles. The van der Waals surface area contributed by atoms with Gasteiger partial charge in [-0.2, -0.15) is 0 Å². The van der Waals surface area contributed by atoms with Gasteiger partial charge in [-0.3, -0.25) is 9.79 Å². The largest absolute Gasteiger partial charge is 0.487 e. The summed E-state index contributed by atoms with van der Waals surface area (Å²) >= 11 is 0. The van der Waals surface area contributed by atoms with Crippen molar-refractivity contribution in [1.82, 2.24) is 20.3 Å². The molecule has 0 fully saturated rings. The van der Waals surface area contributed by atoms with Gasteiger partial charge in [0.1, 0.15) is 24.0 Å². The van der Waals surface area contributed by atoms with E-state index < -0.39 is 45.2 Å². The summed E-state index contributed by atoms with van der Waals surface area (Å²) in [5.41, 5.74) is 8.54. The number of hydrogen-bond acceptors (Lipinski definition) is 8. The monoisotopic (exact) mass is 702 g/mol. The Hall–Kier alpha value is -4.53. The molecule has 1 atom stereocenters. The van der Waals surface area contributed by atoms with E-state index in [9.17, 15) is 27.9 Å². The number of carbonyl (C=O) groups excluding carboxylic acids is 2. The van der Waals surface area contributed by atoms with Crippen molar-refractivity contribution >= 4 is 34.1 Å². The van der Waals surface area contributed by atoms with Gasteiger partial charge in [-0.15, -0.1) is 0 Å². The van der Waals surface area contributed by atoms with Crippen LogP contribution in [0.2, 0.25) is 0 Å². The number of rotatable bonds is 14. The Morgan fingerprint density at radius 3 is 2.41 bits per heavy atom. The number of sulfonamides is 1. The average Bonchev–Trinajstić information content (AvgIpc) is 3.34. The number of amides is 3. The van der Waals surface area contributed by atoms with Crippen molar-refractivity contribution in [1.29, 1.82) is 0 Å². The number of ether oxygens (including phenoxy) is 2. The van der Waals surface area contributed by atoms with Crippen molar-refractivity contribution in [2.45, 2.75) is 90.9 Å². The van der Waals surface area contributed by atoms with E-state index in [4.69, 9.17) is 15.2 Å². The van der Waals surface area contributed by atoms with E-state index >= 15 is 0 Å². The molecule has 270 valence electrons. The molecule has 2 aromatic rings. The third-order valence-corrected chi connectivity index (χ3v) is 9.90. The number of guanidine groups is 1. The molecule has 14 nitrogen and oxygen atoms in total. The second kappa shape index (κ2) is 15.8. The number of aliphatic imine (C=N–C) groups is 1. The zero-order valence-corrected chi connectivity index (χ0v) is 30.4. The van der Waals surface area contributed by atoms with Crippen molar-refractivity contribution < 1.29 is 37.4 Å². The summed E-state index contributed by atoms with van der Waals surface area (Å²) in [4.78, 5) is 42.6. The number of carbonyl (C=O) groups is 3. The quantitative estimate of drug-likeness (QED) is 0.110. The smallest absolute Gasteiger partial charge is 0.409 e. The number of benzene rings is 2. The molecule has 1 aliphatic rings. The van der Waals surface area contributed by atoms with Gasteiger partial charge in [-0.25, -0.2) is 22.7 Å². The number of carboxylic acid groups (broad SMARTS) is 1. The fourth-order valence-corrected chi connectivity index (χ4v) is 7.35. The normalized spacial score (nSPS) is 14.7. The van der Waals surface area contributed by atoms with Crippen LogP contribution in [0.15, 0.2) is 40.2 Å². The maximum atomic E-state index is 13.4. The zero-order chi connectivity index (χ0) is 36.7. The van der Waals surface area contributed by atoms with Gasteiger partial charge in [0.25, 0.3) is 10.0 Å². The molecule has 0 radical (unpaired) electrons. The highest BCUT2D eigenvalue weighted by molar-refractivity contribution is 7.90. The molecule has 49 heavy (non-hydrogen) atoms. The van der Waals surface area contributed by atoms with E-state index in [1.807, 2.05) is 65.0 Å². The van der Waals surface area contributed by atoms with Crippen LogP contribution in [0.3, 0.4) is 0 Å². The van der Waals surface area contributed by atoms with Crippen LogP contribution < -0.4 is 25.8 Å². The molecule has 0 saturated carbocycles. The Bertz CT molecular complexity index is 1680. The summed E-state index contributed by atoms with van der Waals surface area (Å²) in [5.74, 6) is -0.161. The lowest BCUT2D eigenvalue weighted by Gasteiger charge is -2.30. The van der Waals surface area contributed by atoms with Crippen LogP contribution in [0.5, 0.6) is 5.75 Å². The molecule has 1 aliphatic heterocycles. The zero-order valence-electron chi connectivity index (χ0n) is 29.6. The number of nitrogens with one attached hydrogen (secondary N) is 3. The van der Waals surface area contributed by atoms with Gasteiger partial charge in [0.05, 0.1) is 4.90 Å². The SMILES string of the molecule is Cc1c(C)c(S(=O)(=O)NC(N)=NCCC[C@H](NC(=O)O)C(=O)NCC(C)(C)CN(C)C(=O)OCc2ccccc2)c(C)c2c1OC(C)(C)C2. The fraction of sp³-hybridized carbons (Fsp3) is 0.529. The predicted octanol–water partition coefficient (Wildman–Crippen LogP) is 3.75. The van der Waals surface area contributed by atoms with E-state index in [0.717, 1.165) is 16.7 Å². The summed E-state index contributed by atoms with van der Waals surface area (Å²) in [5, 5.41) is 14.3. The van der Waals surface area contributed by atoms with Gasteiger partial charge < -0.3 is 35.8 Å². The highest BCUT2D eigenvalue weighted by atomic mass is 32.2. The summed E-state index contributed by atoms with van der Waals surface area (Å²) in [6, 6.07) is 8.19. The van der Waals surface area contributed by atoms with Crippen LogP contribution >= 0.6 is 0 Å². The van der Waals surface area contributed by atoms with Gasteiger partial charge in [-0.05, 0) is 75.1 Å². The lowest BCUT2D eigenvalue weighted by molar-refractivity contribution is -0.123. The molecule has 3 rings (SSSR count). The van der Waals surface area contributed by atoms with E-state index in [2.05, 4.69) is 20.3 Å². The van der Waals surface area contributed by atoms with E-state index in [1.54, 1.807) is 20.9 Å². The first-order valence-electron chi connectivity index (χ1n) is 16.1. The van der Waals surface area contributed by atoms with Crippen LogP contribution in [0.25, 0.3) is 0 Å². The molecule has 0 saturated heterocycles. The second-order valence-electron chi connectivity index (χ2n) is 13.8. The molecular weight excluding hydrogens is 652 g/mol. The number of nitrogens with two attached hydrogens (primary N) is 1. The summed E-state index contributed by atoms with van der Waals surface area (Å²) in [6.07, 6.45) is -1.02. The van der Waals surface area contributed by atoms with Crippen LogP contribution in [0.4, 0.5) is 9.59 Å². The topological polar surface area (TPSA) is 202 Å². The molecule has 1 heterocycles. The Labute approximate surface area is 288 Å². The minimum atomic E-state index is -4.08. The summed E-state index contributed by atoms with van der Waals surface area (Å²) in [6.45, 7) is 13.5. The third-order valence-electron chi connectivity index (χ3n) is 8.27. The maximum absolute atomic E-state index is 13.4. The fourth-order valence-electron chi connectivity index (χ4n) is 5.82. The molecule has 15 heteroatoms. The first kappa shape index (κ1) is 38.9. The van der Waals surface area contributed by atoms with Gasteiger partial charge >= 0.3 is 12.2 Å². The van der Waals surface area contributed by atoms with Gasteiger partial charge in [0, 0.05) is 38.7 Å². The highest BCUT2D eigenvalue weighted by Gasteiger charge is 2.37. The Morgan fingerprint density at radius 2 is 1.78 bits per heavy atom. The highest BCUT2D eigenvalue weighted by Crippen LogP contribution is 2.43. The van der Waals surface area contributed by atoms with E-state index in [0.29, 0.717) is 23.3 Å². The van der Waals surface area contributed by atoms with Crippen LogP contribution in [0.1, 0.15) is 68.4 Å². The van der Waals surface area contributed by atoms with Gasteiger partial charge in [0.15, 0.2) is 0 Å². The molecule has 2 aromatic carbocycles. The number of hydrogen-bond donors (Lipinski definition) is 5. The predicted molar refractivity (Wildman–Crippen MR) is 186 cm³/mol. The number of nitrogens with zero attached hydrogens (tertiary/aromatic N) is 2. The van der Waals surface area contributed by atoms with E-state index in [-0.39, 0.29) is 49.9 Å². The molecule has 0 spiro atoms. The first-order valence-corrected chi connectivity index (χ1v) is 17.5. The molecule has 0 bridgehead atoms. The Balaban J connectivity index is 1.54. The van der Waals surface area contributed by atoms with Gasteiger partial charge in [-0.1, -0.05) is 44.2 Å². The van der Waals surface area contributed by atoms with Crippen molar-refractivity contribution in [3.8, 4) is 5.75 Å². The van der Waals surface area contributed by atoms with Crippen LogP contribution in [-0.4, -0.2) is 80.8 Å². The Morgan fingerprint density at radius 1 is 1.12 bits per heavy atom. The van der Waals surface area contributed by atoms with Crippen molar-refractivity contribution in [3.05, 3.63) is 58.1 Å². The molecular formula is C34H50N6O8S. The minimum absolute atomic E-state index is 0.0318. The summed E-state index contributed by atoms with van der Waals surface area (Å²) < 4.78 is 40.7. The van der Waals surface area contributed by atoms with Gasteiger partial charge in [0.2, 0.25) is 11.9 Å². The van der Waals surface area contributed by atoms with Crippen molar-refractivity contribution in [2.75, 3.05) is 26.7 Å².